The molecule has 1 aliphatic heterocycles. The van der Waals surface area contributed by atoms with Gasteiger partial charge < -0.3 is 10.4 Å². The van der Waals surface area contributed by atoms with Gasteiger partial charge in [0.2, 0.25) is 5.91 Å². The smallest absolute Gasteiger partial charge is 0.391 e. The summed E-state index contributed by atoms with van der Waals surface area (Å²) in [5, 5.41) is 15.6. The van der Waals surface area contributed by atoms with Crippen molar-refractivity contribution in [2.45, 2.75) is 38.0 Å². The Morgan fingerprint density at radius 3 is 2.46 bits per heavy atom. The minimum absolute atomic E-state index is 0.0455. The molecular weight excluding hydrogens is 355 g/mol. The van der Waals surface area contributed by atoms with E-state index in [-0.39, 0.29) is 31.0 Å². The summed E-state index contributed by atoms with van der Waals surface area (Å²) in [4.78, 5) is 35.0. The van der Waals surface area contributed by atoms with E-state index in [9.17, 15) is 27.6 Å². The van der Waals surface area contributed by atoms with Gasteiger partial charge in [-0.05, 0) is 5.56 Å². The highest BCUT2D eigenvalue weighted by Crippen LogP contribution is 2.22. The van der Waals surface area contributed by atoms with Gasteiger partial charge >= 0.3 is 12.1 Å². The first kappa shape index (κ1) is 19.4. The maximum atomic E-state index is 12.4. The van der Waals surface area contributed by atoms with Crippen molar-refractivity contribution in [3.05, 3.63) is 35.9 Å². The molecule has 140 valence electrons. The molecule has 0 spiro atoms. The van der Waals surface area contributed by atoms with E-state index in [1.165, 1.54) is 0 Å². The molecule has 1 unspecified atom stereocenters. The maximum Gasteiger partial charge on any atom is 0.391 e. The Morgan fingerprint density at radius 1 is 1.23 bits per heavy atom. The van der Waals surface area contributed by atoms with Crippen LogP contribution in [0.5, 0.6) is 0 Å². The molecule has 1 atom stereocenters. The van der Waals surface area contributed by atoms with E-state index in [4.69, 9.17) is 5.11 Å². The fourth-order valence-electron chi connectivity index (χ4n) is 2.32. The number of rotatable bonds is 6. The van der Waals surface area contributed by atoms with Gasteiger partial charge in [-0.2, -0.15) is 18.3 Å². The fraction of sp³-hybridized carbons (Fsp3) is 0.375. The lowest BCUT2D eigenvalue weighted by Crippen LogP contribution is -2.47. The number of hydrazone groups is 1. The van der Waals surface area contributed by atoms with Crippen LogP contribution in [0.2, 0.25) is 0 Å². The van der Waals surface area contributed by atoms with Crippen LogP contribution in [-0.2, 0) is 20.9 Å². The molecule has 2 amide bonds. The zero-order valence-electron chi connectivity index (χ0n) is 13.5. The van der Waals surface area contributed by atoms with E-state index >= 15 is 0 Å². The number of nitrogens with one attached hydrogen (secondary N) is 1. The molecule has 0 aromatic heterocycles. The van der Waals surface area contributed by atoms with Gasteiger partial charge in [0.15, 0.2) is 0 Å². The number of benzene rings is 1. The predicted octanol–water partition coefficient (Wildman–Crippen LogP) is 1.69. The third kappa shape index (κ3) is 5.57. The lowest BCUT2D eigenvalue weighted by Gasteiger charge is -2.24. The maximum absolute atomic E-state index is 12.4. The normalized spacial score (nSPS) is 16.0. The number of carbonyl (C=O) groups is 3. The first-order valence-corrected chi connectivity index (χ1v) is 7.68. The second kappa shape index (κ2) is 7.98. The molecule has 0 fully saturated rings. The van der Waals surface area contributed by atoms with Crippen molar-refractivity contribution in [1.29, 1.82) is 0 Å². The lowest BCUT2D eigenvalue weighted by molar-refractivity contribution is -0.159. The number of hydrogen-bond acceptors (Lipinski definition) is 4. The topological polar surface area (TPSA) is 99.1 Å². The highest BCUT2D eigenvalue weighted by Gasteiger charge is 2.37. The lowest BCUT2D eigenvalue weighted by atomic mass is 10.1. The minimum atomic E-state index is -4.75. The van der Waals surface area contributed by atoms with Crippen molar-refractivity contribution in [2.75, 3.05) is 0 Å². The van der Waals surface area contributed by atoms with Crippen molar-refractivity contribution in [3.8, 4) is 0 Å². The summed E-state index contributed by atoms with van der Waals surface area (Å²) in [5.74, 6) is -3.17. The van der Waals surface area contributed by atoms with Crippen LogP contribution in [0.25, 0.3) is 0 Å². The summed E-state index contributed by atoms with van der Waals surface area (Å²) in [7, 11) is 0. The van der Waals surface area contributed by atoms with Crippen LogP contribution in [0.3, 0.4) is 0 Å². The Hall–Kier alpha value is -2.91. The average Bonchev–Trinajstić information content (AvgIpc) is 2.56. The van der Waals surface area contributed by atoms with Crippen LogP contribution < -0.4 is 5.32 Å². The van der Waals surface area contributed by atoms with E-state index in [1.54, 1.807) is 30.3 Å². The zero-order chi connectivity index (χ0) is 19.3. The molecule has 0 bridgehead atoms. The number of hydrogen-bond donors (Lipinski definition) is 2. The van der Waals surface area contributed by atoms with E-state index in [0.29, 0.717) is 0 Å². The summed E-state index contributed by atoms with van der Waals surface area (Å²) >= 11 is 0. The van der Waals surface area contributed by atoms with Gasteiger partial charge in [-0.1, -0.05) is 30.3 Å². The number of aliphatic carboxylic acids is 1. The van der Waals surface area contributed by atoms with Gasteiger partial charge in [0, 0.05) is 12.8 Å². The predicted molar refractivity (Wildman–Crippen MR) is 83.9 cm³/mol. The van der Waals surface area contributed by atoms with Crippen molar-refractivity contribution in [2.24, 2.45) is 5.10 Å². The summed E-state index contributed by atoms with van der Waals surface area (Å²) in [6, 6.07) is 6.69. The molecule has 1 heterocycles. The molecule has 0 radical (unpaired) electrons. The molecule has 26 heavy (non-hydrogen) atoms. The first-order chi connectivity index (χ1) is 12.2. The highest BCUT2D eigenvalue weighted by molar-refractivity contribution is 6.39. The summed E-state index contributed by atoms with van der Waals surface area (Å²) in [5.41, 5.74) is 0.570. The molecule has 2 rings (SSSR count). The summed E-state index contributed by atoms with van der Waals surface area (Å²) in [6.45, 7) is 0.0986. The minimum Gasteiger partial charge on any atom is -0.480 e. The molecule has 1 aromatic carbocycles. The number of carboxylic acids is 1. The Balaban J connectivity index is 2.10. The van der Waals surface area contributed by atoms with Gasteiger partial charge in [0.05, 0.1) is 13.0 Å². The molecule has 0 saturated carbocycles. The molecule has 10 heteroatoms. The third-order valence-electron chi connectivity index (χ3n) is 3.58. The van der Waals surface area contributed by atoms with Gasteiger partial charge in [0.1, 0.15) is 11.8 Å². The molecule has 2 N–H and O–H groups in total. The number of amides is 2. The zero-order valence-corrected chi connectivity index (χ0v) is 13.5. The molecule has 1 aromatic rings. The number of alkyl halides is 3. The molecule has 0 aliphatic carbocycles. The van der Waals surface area contributed by atoms with Crippen molar-refractivity contribution >= 4 is 23.5 Å². The SMILES string of the molecule is O=C(NC(CC(F)(F)F)C(=O)O)C1=NN(Cc2ccccc2)C(=O)CC1. The van der Waals surface area contributed by atoms with Gasteiger partial charge in [-0.25, -0.2) is 9.80 Å². The Bertz CT molecular complexity index is 719. The van der Waals surface area contributed by atoms with E-state index in [2.05, 4.69) is 5.10 Å². The Labute approximate surface area is 146 Å². The number of carboxylic acid groups (broad SMARTS) is 1. The summed E-state index contributed by atoms with van der Waals surface area (Å²) < 4.78 is 37.2. The average molecular weight is 371 g/mol. The van der Waals surface area contributed by atoms with Crippen LogP contribution in [0, 0.1) is 0 Å². The van der Waals surface area contributed by atoms with Crippen LogP contribution in [0.4, 0.5) is 13.2 Å². The van der Waals surface area contributed by atoms with Crippen LogP contribution in [-0.4, -0.2) is 45.8 Å². The Kier molecular flexibility index (Phi) is 5.96. The highest BCUT2D eigenvalue weighted by atomic mass is 19.4. The standard InChI is InChI=1S/C16H16F3N3O4/c17-16(18,19)8-12(15(25)26)20-14(24)11-6-7-13(23)22(21-11)9-10-4-2-1-3-5-10/h1-5,12H,6-9H2,(H,20,24)(H,25,26). The largest absolute Gasteiger partial charge is 0.480 e. The van der Waals surface area contributed by atoms with Gasteiger partial charge in [-0.15, -0.1) is 0 Å². The first-order valence-electron chi connectivity index (χ1n) is 7.68. The quantitative estimate of drug-likeness (QED) is 0.795. The van der Waals surface area contributed by atoms with Crippen LogP contribution >= 0.6 is 0 Å². The Morgan fingerprint density at radius 2 is 1.88 bits per heavy atom. The molecule has 0 saturated heterocycles. The second-order valence-corrected chi connectivity index (χ2v) is 5.67. The van der Waals surface area contributed by atoms with Crippen LogP contribution in [0.15, 0.2) is 35.4 Å². The fourth-order valence-corrected chi connectivity index (χ4v) is 2.32. The van der Waals surface area contributed by atoms with Gasteiger partial charge in [-0.3, -0.25) is 9.59 Å². The van der Waals surface area contributed by atoms with Crippen molar-refractivity contribution < 1.29 is 32.7 Å². The van der Waals surface area contributed by atoms with Gasteiger partial charge in [0.25, 0.3) is 5.91 Å². The third-order valence-corrected chi connectivity index (χ3v) is 3.58. The number of carbonyl (C=O) groups excluding carboxylic acids is 2. The molecule has 1 aliphatic rings. The van der Waals surface area contributed by atoms with Crippen molar-refractivity contribution in [3.63, 3.8) is 0 Å². The monoisotopic (exact) mass is 371 g/mol. The molecule has 7 nitrogen and oxygen atoms in total. The van der Waals surface area contributed by atoms with Crippen molar-refractivity contribution in [1.82, 2.24) is 10.3 Å². The van der Waals surface area contributed by atoms with E-state index in [0.717, 1.165) is 10.6 Å². The van der Waals surface area contributed by atoms with E-state index in [1.807, 2.05) is 5.32 Å². The number of nitrogens with zero attached hydrogens (tertiary/aromatic N) is 2. The number of halogens is 3. The van der Waals surface area contributed by atoms with E-state index < -0.39 is 30.5 Å². The second-order valence-electron chi connectivity index (χ2n) is 5.67. The summed E-state index contributed by atoms with van der Waals surface area (Å²) in [6.07, 6.45) is -6.57. The van der Waals surface area contributed by atoms with Crippen LogP contribution in [0.1, 0.15) is 24.8 Å². The molecular formula is C16H16F3N3O4.